The molecule has 0 aromatic carbocycles. The van der Waals surface area contributed by atoms with Crippen molar-refractivity contribution in [3.05, 3.63) is 27.4 Å². The van der Waals surface area contributed by atoms with E-state index >= 15 is 0 Å². The molecule has 0 saturated heterocycles. The number of rotatable bonds is 7. The number of hydrogen-bond donors (Lipinski definition) is 2. The minimum atomic E-state index is -0.122. The number of carbonyl (C=O) groups is 2. The van der Waals surface area contributed by atoms with E-state index in [1.165, 1.54) is 41.4 Å². The lowest BCUT2D eigenvalue weighted by Gasteiger charge is -1.99. The van der Waals surface area contributed by atoms with Gasteiger partial charge in [-0.1, -0.05) is 23.1 Å². The number of aryl methyl sites for hydroxylation is 1. The van der Waals surface area contributed by atoms with Crippen LogP contribution in [0, 0.1) is 6.92 Å². The molecule has 0 aliphatic rings. The van der Waals surface area contributed by atoms with Crippen molar-refractivity contribution in [2.75, 3.05) is 11.1 Å². The lowest BCUT2D eigenvalue weighted by molar-refractivity contribution is -0.119. The van der Waals surface area contributed by atoms with E-state index in [1.54, 1.807) is 16.8 Å². The second-order valence-corrected chi connectivity index (χ2v) is 9.57. The van der Waals surface area contributed by atoms with Crippen molar-refractivity contribution in [2.45, 2.75) is 24.7 Å². The minimum Gasteiger partial charge on any atom is -0.351 e. The first-order valence-corrected chi connectivity index (χ1v) is 11.0. The molecule has 136 valence electrons. The lowest BCUT2D eigenvalue weighted by Crippen LogP contribution is -2.17. The van der Waals surface area contributed by atoms with Crippen molar-refractivity contribution in [1.29, 1.82) is 0 Å². The van der Waals surface area contributed by atoms with E-state index in [0.29, 0.717) is 11.7 Å². The second-order valence-electron chi connectivity index (χ2n) is 5.14. The highest BCUT2D eigenvalue weighted by Gasteiger charge is 2.14. The third-order valence-corrected chi connectivity index (χ3v) is 6.95. The Morgan fingerprint density at radius 2 is 2.12 bits per heavy atom. The lowest BCUT2D eigenvalue weighted by atomic mass is 10.3. The predicted octanol–water partition coefficient (Wildman–Crippen LogP) is 3.40. The van der Waals surface area contributed by atoms with Gasteiger partial charge in [0.2, 0.25) is 11.8 Å². The van der Waals surface area contributed by atoms with Gasteiger partial charge in [0.05, 0.1) is 22.9 Å². The van der Waals surface area contributed by atoms with E-state index in [-0.39, 0.29) is 17.6 Å². The van der Waals surface area contributed by atoms with Crippen LogP contribution in [0.15, 0.2) is 22.0 Å². The number of hydrogen-bond acceptors (Lipinski definition) is 9. The SMILES string of the molecule is CC(=O)NCc1ccc(-c2nc(NC(=O)CSc3nncs3)sc2C)s1. The summed E-state index contributed by atoms with van der Waals surface area (Å²) in [5, 5.41) is 13.8. The van der Waals surface area contributed by atoms with E-state index in [1.807, 2.05) is 19.1 Å². The van der Waals surface area contributed by atoms with Crippen LogP contribution in [0.4, 0.5) is 5.13 Å². The molecule has 3 aromatic heterocycles. The highest BCUT2D eigenvalue weighted by Crippen LogP contribution is 2.34. The quantitative estimate of drug-likeness (QED) is 0.563. The molecule has 0 saturated carbocycles. The summed E-state index contributed by atoms with van der Waals surface area (Å²) in [7, 11) is 0. The topological polar surface area (TPSA) is 96.9 Å². The molecule has 0 atom stereocenters. The van der Waals surface area contributed by atoms with Crippen molar-refractivity contribution in [2.24, 2.45) is 0 Å². The number of anilines is 1. The van der Waals surface area contributed by atoms with Crippen LogP contribution in [-0.4, -0.2) is 32.7 Å². The summed E-state index contributed by atoms with van der Waals surface area (Å²) in [5.74, 6) is 0.0902. The van der Waals surface area contributed by atoms with E-state index in [4.69, 9.17) is 0 Å². The number of nitrogens with one attached hydrogen (secondary N) is 2. The number of thiazole rings is 1. The van der Waals surface area contributed by atoms with Crippen LogP contribution in [0.2, 0.25) is 0 Å². The molecule has 3 heterocycles. The van der Waals surface area contributed by atoms with Gasteiger partial charge in [-0.2, -0.15) is 0 Å². The van der Waals surface area contributed by atoms with Gasteiger partial charge < -0.3 is 10.6 Å². The normalized spacial score (nSPS) is 10.7. The van der Waals surface area contributed by atoms with Crippen LogP contribution in [0.25, 0.3) is 10.6 Å². The van der Waals surface area contributed by atoms with Gasteiger partial charge in [-0.3, -0.25) is 9.59 Å². The molecule has 0 unspecified atom stereocenters. The summed E-state index contributed by atoms with van der Waals surface area (Å²) in [6.07, 6.45) is 0. The fourth-order valence-corrected chi connectivity index (χ4v) is 5.19. The highest BCUT2D eigenvalue weighted by atomic mass is 32.2. The molecule has 2 amide bonds. The third-order valence-electron chi connectivity index (χ3n) is 3.12. The summed E-state index contributed by atoms with van der Waals surface area (Å²) < 4.78 is 0.765. The Balaban J connectivity index is 1.61. The summed E-state index contributed by atoms with van der Waals surface area (Å²) in [6.45, 7) is 3.98. The van der Waals surface area contributed by atoms with Gasteiger partial charge in [-0.15, -0.1) is 32.9 Å². The van der Waals surface area contributed by atoms with Crippen LogP contribution in [0.1, 0.15) is 16.7 Å². The zero-order chi connectivity index (χ0) is 18.5. The highest BCUT2D eigenvalue weighted by molar-refractivity contribution is 8.01. The first-order valence-electron chi connectivity index (χ1n) is 7.51. The molecule has 0 aliphatic carbocycles. The molecule has 26 heavy (non-hydrogen) atoms. The molecule has 3 aromatic rings. The van der Waals surface area contributed by atoms with Crippen LogP contribution in [0.3, 0.4) is 0 Å². The molecule has 0 aliphatic heterocycles. The summed E-state index contributed by atoms with van der Waals surface area (Å²) in [5.41, 5.74) is 2.50. The van der Waals surface area contributed by atoms with Gasteiger partial charge in [0.15, 0.2) is 9.47 Å². The number of thioether (sulfide) groups is 1. The van der Waals surface area contributed by atoms with Crippen molar-refractivity contribution < 1.29 is 9.59 Å². The Labute approximate surface area is 166 Å². The molecule has 0 radical (unpaired) electrons. The standard InChI is InChI=1S/C15H15N5O2S4/c1-8-13(11-4-3-10(26-11)5-16-9(2)21)19-14(25-8)18-12(22)6-23-15-20-17-7-24-15/h3-4,7H,5-6H2,1-2H3,(H,16,21)(H,18,19,22). The maximum absolute atomic E-state index is 12.1. The number of nitrogens with zero attached hydrogens (tertiary/aromatic N) is 3. The van der Waals surface area contributed by atoms with Crippen molar-refractivity contribution >= 4 is 62.7 Å². The molecule has 0 spiro atoms. The molecular formula is C15H15N5O2S4. The van der Waals surface area contributed by atoms with Crippen LogP contribution >= 0.6 is 45.8 Å². The zero-order valence-electron chi connectivity index (χ0n) is 13.9. The van der Waals surface area contributed by atoms with Crippen molar-refractivity contribution in [3.8, 4) is 10.6 Å². The molecule has 7 nitrogen and oxygen atoms in total. The van der Waals surface area contributed by atoms with Crippen LogP contribution in [-0.2, 0) is 16.1 Å². The minimum absolute atomic E-state index is 0.0545. The Morgan fingerprint density at radius 1 is 1.27 bits per heavy atom. The second kappa shape index (κ2) is 8.71. The summed E-state index contributed by atoms with van der Waals surface area (Å²) in [6, 6.07) is 3.96. The molecule has 0 bridgehead atoms. The van der Waals surface area contributed by atoms with Crippen molar-refractivity contribution in [1.82, 2.24) is 20.5 Å². The molecule has 3 rings (SSSR count). The van der Waals surface area contributed by atoms with Gasteiger partial charge in [0.25, 0.3) is 0 Å². The van der Waals surface area contributed by atoms with E-state index in [0.717, 1.165) is 24.7 Å². The van der Waals surface area contributed by atoms with E-state index < -0.39 is 0 Å². The fraction of sp³-hybridized carbons (Fsp3) is 0.267. The molecule has 11 heteroatoms. The van der Waals surface area contributed by atoms with E-state index in [9.17, 15) is 9.59 Å². The van der Waals surface area contributed by atoms with Crippen LogP contribution < -0.4 is 10.6 Å². The summed E-state index contributed by atoms with van der Waals surface area (Å²) >= 11 is 5.79. The molecule has 2 N–H and O–H groups in total. The summed E-state index contributed by atoms with van der Waals surface area (Å²) in [4.78, 5) is 30.7. The average Bonchev–Trinajstić information content (AvgIpc) is 3.32. The average molecular weight is 426 g/mol. The Bertz CT molecular complexity index is 903. The van der Waals surface area contributed by atoms with Gasteiger partial charge >= 0.3 is 0 Å². The fourth-order valence-electron chi connectivity index (χ4n) is 2.00. The first kappa shape index (κ1) is 19.0. The molecule has 0 fully saturated rings. The Kier molecular flexibility index (Phi) is 6.35. The first-order chi connectivity index (χ1) is 12.5. The predicted molar refractivity (Wildman–Crippen MR) is 107 cm³/mol. The Hall–Kier alpha value is -1.82. The third kappa shape index (κ3) is 5.10. The largest absolute Gasteiger partial charge is 0.351 e. The maximum Gasteiger partial charge on any atom is 0.236 e. The zero-order valence-corrected chi connectivity index (χ0v) is 17.2. The van der Waals surface area contributed by atoms with Gasteiger partial charge in [0, 0.05) is 16.7 Å². The smallest absolute Gasteiger partial charge is 0.236 e. The maximum atomic E-state index is 12.1. The van der Waals surface area contributed by atoms with Crippen LogP contribution in [0.5, 0.6) is 0 Å². The number of carbonyl (C=O) groups excluding carboxylic acids is 2. The van der Waals surface area contributed by atoms with Crippen molar-refractivity contribution in [3.63, 3.8) is 0 Å². The molecular weight excluding hydrogens is 410 g/mol. The number of aromatic nitrogens is 3. The Morgan fingerprint density at radius 3 is 2.85 bits per heavy atom. The van der Waals surface area contributed by atoms with Gasteiger partial charge in [-0.05, 0) is 19.1 Å². The number of amides is 2. The monoisotopic (exact) mass is 425 g/mol. The van der Waals surface area contributed by atoms with E-state index in [2.05, 4.69) is 25.8 Å². The number of thiophene rings is 1. The van der Waals surface area contributed by atoms with Gasteiger partial charge in [0.1, 0.15) is 5.51 Å². The van der Waals surface area contributed by atoms with Gasteiger partial charge in [-0.25, -0.2) is 4.98 Å².